The predicted molar refractivity (Wildman–Crippen MR) is 130 cm³/mol. The maximum Gasteiger partial charge on any atom is 0.416 e. The Kier molecular flexibility index (Phi) is 5.66. The first-order chi connectivity index (χ1) is 17.5. The molecule has 37 heavy (non-hydrogen) atoms. The molecule has 9 nitrogen and oxygen atoms in total. The Morgan fingerprint density at radius 3 is 2.54 bits per heavy atom. The van der Waals surface area contributed by atoms with Gasteiger partial charge >= 0.3 is 6.18 Å². The van der Waals surface area contributed by atoms with E-state index in [1.165, 1.54) is 23.0 Å². The summed E-state index contributed by atoms with van der Waals surface area (Å²) in [6, 6.07) is 11.3. The van der Waals surface area contributed by atoms with E-state index in [9.17, 15) is 22.8 Å². The first kappa shape index (κ1) is 24.0. The normalized spacial score (nSPS) is 11.7. The van der Waals surface area contributed by atoms with Crippen LogP contribution in [0.15, 0.2) is 59.5 Å². The Morgan fingerprint density at radius 2 is 1.78 bits per heavy atom. The predicted octanol–water partition coefficient (Wildman–Crippen LogP) is 4.49. The van der Waals surface area contributed by atoms with E-state index in [4.69, 9.17) is 0 Å². The van der Waals surface area contributed by atoms with E-state index >= 15 is 0 Å². The molecule has 5 aromatic rings. The molecule has 0 aliphatic rings. The summed E-state index contributed by atoms with van der Waals surface area (Å²) in [7, 11) is 0. The summed E-state index contributed by atoms with van der Waals surface area (Å²) in [6.07, 6.45) is -3.18. The summed E-state index contributed by atoms with van der Waals surface area (Å²) in [5.41, 5.74) is 1.88. The van der Waals surface area contributed by atoms with Crippen LogP contribution in [0.3, 0.4) is 0 Å². The molecule has 3 heterocycles. The van der Waals surface area contributed by atoms with Gasteiger partial charge in [0.2, 0.25) is 5.95 Å². The molecule has 0 aliphatic heterocycles. The van der Waals surface area contributed by atoms with E-state index in [1.807, 2.05) is 32.0 Å². The Hall–Kier alpha value is -4.74. The van der Waals surface area contributed by atoms with E-state index < -0.39 is 23.2 Å². The number of H-pyrrole nitrogens is 1. The van der Waals surface area contributed by atoms with E-state index in [-0.39, 0.29) is 28.4 Å². The van der Waals surface area contributed by atoms with E-state index in [0.717, 1.165) is 35.0 Å². The number of aromatic nitrogens is 6. The molecule has 5 rings (SSSR count). The largest absolute Gasteiger partial charge is 0.416 e. The van der Waals surface area contributed by atoms with Crippen LogP contribution < -0.4 is 10.9 Å². The lowest BCUT2D eigenvalue weighted by Gasteiger charge is -2.11. The zero-order valence-electron chi connectivity index (χ0n) is 19.9. The van der Waals surface area contributed by atoms with Gasteiger partial charge in [-0.2, -0.15) is 33.0 Å². The molecule has 188 valence electrons. The van der Waals surface area contributed by atoms with Gasteiger partial charge in [-0.3, -0.25) is 14.6 Å². The lowest BCUT2D eigenvalue weighted by atomic mass is 10.1. The summed E-state index contributed by atoms with van der Waals surface area (Å²) in [4.78, 5) is 32.9. The molecular weight excluding hydrogens is 487 g/mol. The number of benzene rings is 2. The molecule has 3 aromatic heterocycles. The second-order valence-electron chi connectivity index (χ2n) is 8.52. The molecule has 1 amide bonds. The van der Waals surface area contributed by atoms with Crippen LogP contribution in [0.5, 0.6) is 0 Å². The number of carbonyl (C=O) groups is 1. The quantitative estimate of drug-likeness (QED) is 0.373. The standard InChI is InChI=1S/C25H20F3N7O2/c1-13-6-4-9-19(15(13)3)34-21-18(12-29-34)23(37)32-24(31-21)35-20(10-14(2)33-35)30-22(36)16-7-5-8-17(11-16)25(26,27)28/h4-12H,1-3H3,(H,30,36)(H,31,32,37). The maximum absolute atomic E-state index is 13.1. The van der Waals surface area contributed by atoms with Crippen molar-refractivity contribution < 1.29 is 18.0 Å². The number of rotatable bonds is 4. The van der Waals surface area contributed by atoms with Crippen LogP contribution in [0, 0.1) is 20.8 Å². The summed E-state index contributed by atoms with van der Waals surface area (Å²) < 4.78 is 42.0. The molecule has 0 spiro atoms. The van der Waals surface area contributed by atoms with Crippen LogP contribution in [-0.4, -0.2) is 35.4 Å². The molecule has 0 atom stereocenters. The van der Waals surface area contributed by atoms with Crippen molar-refractivity contribution in [3.63, 3.8) is 0 Å². The lowest BCUT2D eigenvalue weighted by molar-refractivity contribution is -0.137. The van der Waals surface area contributed by atoms with Gasteiger partial charge in [-0.05, 0) is 56.2 Å². The van der Waals surface area contributed by atoms with E-state index in [0.29, 0.717) is 5.69 Å². The van der Waals surface area contributed by atoms with Gasteiger partial charge in [-0.25, -0.2) is 4.68 Å². The Morgan fingerprint density at radius 1 is 1.03 bits per heavy atom. The highest BCUT2D eigenvalue weighted by Gasteiger charge is 2.31. The van der Waals surface area contributed by atoms with Crippen LogP contribution >= 0.6 is 0 Å². The van der Waals surface area contributed by atoms with Crippen LogP contribution in [0.4, 0.5) is 19.0 Å². The van der Waals surface area contributed by atoms with Crippen LogP contribution in [0.1, 0.15) is 32.7 Å². The summed E-state index contributed by atoms with van der Waals surface area (Å²) in [5.74, 6) is -0.673. The summed E-state index contributed by atoms with van der Waals surface area (Å²) in [6.45, 7) is 5.56. The molecule has 2 aromatic carbocycles. The molecule has 12 heteroatoms. The van der Waals surface area contributed by atoms with Crippen LogP contribution in [0.25, 0.3) is 22.7 Å². The van der Waals surface area contributed by atoms with Crippen molar-refractivity contribution >= 4 is 22.8 Å². The highest BCUT2D eigenvalue weighted by atomic mass is 19.4. The molecular formula is C25H20F3N7O2. The SMILES string of the molecule is Cc1cc(NC(=O)c2cccc(C(F)(F)F)c2)n(-c2nc3c(cnn3-c3cccc(C)c3C)c(=O)[nH]2)n1. The van der Waals surface area contributed by atoms with Crippen LogP contribution in [0.2, 0.25) is 0 Å². The monoisotopic (exact) mass is 507 g/mol. The van der Waals surface area contributed by atoms with Gasteiger partial charge < -0.3 is 5.32 Å². The third kappa shape index (κ3) is 4.37. The summed E-state index contributed by atoms with van der Waals surface area (Å²) in [5, 5.41) is 11.5. The molecule has 2 N–H and O–H groups in total. The Balaban J connectivity index is 1.57. The highest BCUT2D eigenvalue weighted by molar-refractivity contribution is 6.04. The van der Waals surface area contributed by atoms with Crippen molar-refractivity contribution in [1.29, 1.82) is 0 Å². The molecule has 0 bridgehead atoms. The molecule has 0 radical (unpaired) electrons. The summed E-state index contributed by atoms with van der Waals surface area (Å²) >= 11 is 0. The number of hydrogen-bond donors (Lipinski definition) is 2. The number of anilines is 1. The average molecular weight is 507 g/mol. The third-order valence-electron chi connectivity index (χ3n) is 5.96. The van der Waals surface area contributed by atoms with Gasteiger partial charge in [0, 0.05) is 11.6 Å². The minimum absolute atomic E-state index is 0.00278. The van der Waals surface area contributed by atoms with Crippen molar-refractivity contribution in [2.24, 2.45) is 0 Å². The molecule has 0 saturated heterocycles. The van der Waals surface area contributed by atoms with E-state index in [1.54, 1.807) is 11.6 Å². The minimum atomic E-state index is -4.59. The number of nitrogens with zero attached hydrogens (tertiary/aromatic N) is 5. The molecule has 0 saturated carbocycles. The van der Waals surface area contributed by atoms with Crippen molar-refractivity contribution in [1.82, 2.24) is 29.5 Å². The second-order valence-corrected chi connectivity index (χ2v) is 8.52. The van der Waals surface area contributed by atoms with Crippen molar-refractivity contribution in [2.75, 3.05) is 5.32 Å². The van der Waals surface area contributed by atoms with E-state index in [2.05, 4.69) is 25.5 Å². The number of halogens is 3. The fourth-order valence-corrected chi connectivity index (χ4v) is 3.92. The van der Waals surface area contributed by atoms with Crippen molar-refractivity contribution in [3.05, 3.63) is 93.0 Å². The van der Waals surface area contributed by atoms with Gasteiger partial charge in [0.1, 0.15) is 11.2 Å². The lowest BCUT2D eigenvalue weighted by Crippen LogP contribution is -2.19. The highest BCUT2D eigenvalue weighted by Crippen LogP contribution is 2.30. The van der Waals surface area contributed by atoms with Crippen LogP contribution in [-0.2, 0) is 6.18 Å². The maximum atomic E-state index is 13.1. The van der Waals surface area contributed by atoms with Gasteiger partial charge in [-0.15, -0.1) is 0 Å². The number of nitrogens with one attached hydrogen (secondary N) is 2. The number of fused-ring (bicyclic) bond motifs is 1. The number of aryl methyl sites for hydroxylation is 2. The van der Waals surface area contributed by atoms with Gasteiger partial charge in [0.25, 0.3) is 11.5 Å². The minimum Gasteiger partial charge on any atom is -0.306 e. The Labute approximate surface area is 207 Å². The number of alkyl halides is 3. The third-order valence-corrected chi connectivity index (χ3v) is 5.96. The first-order valence-corrected chi connectivity index (χ1v) is 11.1. The Bertz CT molecular complexity index is 1730. The van der Waals surface area contributed by atoms with Gasteiger partial charge in [0.05, 0.1) is 23.1 Å². The smallest absolute Gasteiger partial charge is 0.306 e. The first-order valence-electron chi connectivity index (χ1n) is 11.1. The number of carbonyl (C=O) groups excluding carboxylic acids is 1. The average Bonchev–Trinajstić information content (AvgIpc) is 3.44. The zero-order chi connectivity index (χ0) is 26.5. The number of aromatic amines is 1. The number of amides is 1. The van der Waals surface area contributed by atoms with Crippen molar-refractivity contribution in [3.8, 4) is 11.6 Å². The van der Waals surface area contributed by atoms with Gasteiger partial charge in [-0.1, -0.05) is 18.2 Å². The fraction of sp³-hybridized carbons (Fsp3) is 0.160. The van der Waals surface area contributed by atoms with Gasteiger partial charge in [0.15, 0.2) is 5.65 Å². The fourth-order valence-electron chi connectivity index (χ4n) is 3.92. The second kappa shape index (κ2) is 8.73. The molecule has 0 aliphatic carbocycles. The topological polar surface area (TPSA) is 110 Å². The number of hydrogen-bond acceptors (Lipinski definition) is 5. The zero-order valence-corrected chi connectivity index (χ0v) is 19.9. The van der Waals surface area contributed by atoms with Crippen molar-refractivity contribution in [2.45, 2.75) is 26.9 Å². The molecule has 0 unspecified atom stereocenters. The molecule has 0 fully saturated rings.